The summed E-state index contributed by atoms with van der Waals surface area (Å²) in [4.78, 5) is 0. The third kappa shape index (κ3) is 2.39. The minimum absolute atomic E-state index is 0.187. The van der Waals surface area contributed by atoms with Gasteiger partial charge in [0.2, 0.25) is 0 Å². The summed E-state index contributed by atoms with van der Waals surface area (Å²) >= 11 is 0. The van der Waals surface area contributed by atoms with Crippen LogP contribution < -0.4 is 0 Å². The van der Waals surface area contributed by atoms with Crippen LogP contribution in [-0.4, -0.2) is 4.57 Å². The Morgan fingerprint density at radius 3 is 2.42 bits per heavy atom. The lowest BCUT2D eigenvalue weighted by molar-refractivity contribution is 0.628. The Hall–Kier alpha value is -2.09. The molecule has 0 bridgehead atoms. The van der Waals surface area contributed by atoms with E-state index < -0.39 is 0 Å². The molecular weight excluding hydrogens is 237 g/mol. The van der Waals surface area contributed by atoms with Crippen LogP contribution in [0.15, 0.2) is 48.7 Å². The summed E-state index contributed by atoms with van der Waals surface area (Å²) in [6.45, 7) is 4.98. The third-order valence-corrected chi connectivity index (χ3v) is 3.37. The number of rotatable bonds is 2. The monoisotopic (exact) mass is 253 g/mol. The Bertz CT molecular complexity index is 720. The number of benzene rings is 2. The van der Waals surface area contributed by atoms with Crippen molar-refractivity contribution >= 4 is 10.9 Å². The van der Waals surface area contributed by atoms with Crippen molar-refractivity contribution in [1.29, 1.82) is 0 Å². The highest BCUT2D eigenvalue weighted by Gasteiger charge is 2.04. The number of hydrogen-bond acceptors (Lipinski definition) is 0. The minimum atomic E-state index is -0.187. The molecule has 0 saturated heterocycles. The van der Waals surface area contributed by atoms with Gasteiger partial charge >= 0.3 is 0 Å². The van der Waals surface area contributed by atoms with E-state index in [1.807, 2.05) is 18.3 Å². The van der Waals surface area contributed by atoms with Gasteiger partial charge in [0.05, 0.1) is 5.52 Å². The topological polar surface area (TPSA) is 4.93 Å². The predicted octanol–water partition coefficient (Wildman–Crippen LogP) is 4.45. The molecular formula is C17H16FN. The zero-order valence-corrected chi connectivity index (χ0v) is 11.2. The third-order valence-electron chi connectivity index (χ3n) is 3.37. The van der Waals surface area contributed by atoms with Gasteiger partial charge in [-0.1, -0.05) is 29.3 Å². The smallest absolute Gasteiger partial charge is 0.125 e. The van der Waals surface area contributed by atoms with Crippen LogP contribution in [-0.2, 0) is 6.54 Å². The van der Waals surface area contributed by atoms with Crippen molar-refractivity contribution in [2.24, 2.45) is 0 Å². The first kappa shape index (κ1) is 12.0. The van der Waals surface area contributed by atoms with Gasteiger partial charge < -0.3 is 4.57 Å². The van der Waals surface area contributed by atoms with Gasteiger partial charge in [0.25, 0.3) is 0 Å². The van der Waals surface area contributed by atoms with Crippen molar-refractivity contribution in [2.75, 3.05) is 0 Å². The number of aromatic nitrogens is 1. The quantitative estimate of drug-likeness (QED) is 0.636. The molecule has 1 heterocycles. The number of aryl methyl sites for hydroxylation is 2. The van der Waals surface area contributed by atoms with Crippen LogP contribution in [0.1, 0.15) is 16.7 Å². The van der Waals surface area contributed by atoms with E-state index in [0.717, 1.165) is 17.4 Å². The highest BCUT2D eigenvalue weighted by molar-refractivity contribution is 5.80. The first-order valence-electron chi connectivity index (χ1n) is 6.43. The molecule has 3 rings (SSSR count). The molecule has 1 nitrogen and oxygen atoms in total. The van der Waals surface area contributed by atoms with Crippen molar-refractivity contribution < 1.29 is 4.39 Å². The van der Waals surface area contributed by atoms with Gasteiger partial charge in [-0.15, -0.1) is 0 Å². The van der Waals surface area contributed by atoms with Gasteiger partial charge in [-0.05, 0) is 49.1 Å². The van der Waals surface area contributed by atoms with Gasteiger partial charge in [-0.25, -0.2) is 4.39 Å². The standard InChI is InChI=1S/C17H16FN/c1-12-7-13(2)9-14(8-12)11-19-6-5-15-3-4-16(18)10-17(15)19/h3-10H,11H2,1-2H3. The lowest BCUT2D eigenvalue weighted by atomic mass is 10.1. The molecule has 0 saturated carbocycles. The Labute approximate surface area is 112 Å². The second-order valence-electron chi connectivity index (χ2n) is 5.14. The molecule has 1 aromatic heterocycles. The van der Waals surface area contributed by atoms with Crippen molar-refractivity contribution in [2.45, 2.75) is 20.4 Å². The number of hydrogen-bond donors (Lipinski definition) is 0. The molecule has 19 heavy (non-hydrogen) atoms. The fourth-order valence-electron chi connectivity index (χ4n) is 2.65. The molecule has 0 spiro atoms. The van der Waals surface area contributed by atoms with E-state index in [9.17, 15) is 4.39 Å². The molecule has 0 N–H and O–H groups in total. The Morgan fingerprint density at radius 1 is 0.947 bits per heavy atom. The fourth-order valence-corrected chi connectivity index (χ4v) is 2.65. The largest absolute Gasteiger partial charge is 0.343 e. The normalized spacial score (nSPS) is 11.1. The average molecular weight is 253 g/mol. The van der Waals surface area contributed by atoms with E-state index in [0.29, 0.717) is 0 Å². The minimum Gasteiger partial charge on any atom is -0.343 e. The summed E-state index contributed by atoms with van der Waals surface area (Å²) in [5, 5.41) is 1.07. The number of fused-ring (bicyclic) bond motifs is 1. The molecule has 0 aliphatic heterocycles. The molecule has 2 heteroatoms. The van der Waals surface area contributed by atoms with Gasteiger partial charge in [0, 0.05) is 12.7 Å². The predicted molar refractivity (Wildman–Crippen MR) is 76.9 cm³/mol. The lowest BCUT2D eigenvalue weighted by Crippen LogP contribution is -1.99. The maximum absolute atomic E-state index is 13.3. The summed E-state index contributed by atoms with van der Waals surface area (Å²) in [6.07, 6.45) is 2.02. The second kappa shape index (κ2) is 4.54. The molecule has 2 aromatic carbocycles. The van der Waals surface area contributed by atoms with E-state index in [1.165, 1.54) is 22.8 Å². The Kier molecular flexibility index (Phi) is 2.86. The maximum Gasteiger partial charge on any atom is 0.125 e. The molecule has 0 radical (unpaired) electrons. The van der Waals surface area contributed by atoms with Crippen molar-refractivity contribution in [3.8, 4) is 0 Å². The molecule has 0 aliphatic rings. The molecule has 0 amide bonds. The van der Waals surface area contributed by atoms with Crippen LogP contribution in [0.5, 0.6) is 0 Å². The highest BCUT2D eigenvalue weighted by atomic mass is 19.1. The van der Waals surface area contributed by atoms with Crippen molar-refractivity contribution in [3.05, 3.63) is 71.2 Å². The van der Waals surface area contributed by atoms with Crippen LogP contribution in [0.3, 0.4) is 0 Å². The van der Waals surface area contributed by atoms with Gasteiger partial charge in [-0.2, -0.15) is 0 Å². The SMILES string of the molecule is Cc1cc(C)cc(Cn2ccc3ccc(F)cc32)c1. The summed E-state index contributed by atoms with van der Waals surface area (Å²) in [6, 6.07) is 13.5. The van der Waals surface area contributed by atoms with E-state index in [4.69, 9.17) is 0 Å². The first-order valence-corrected chi connectivity index (χ1v) is 6.43. The fraction of sp³-hybridized carbons (Fsp3) is 0.176. The van der Waals surface area contributed by atoms with E-state index in [-0.39, 0.29) is 5.82 Å². The maximum atomic E-state index is 13.3. The van der Waals surface area contributed by atoms with Gasteiger partial charge in [0.15, 0.2) is 0 Å². The van der Waals surface area contributed by atoms with Crippen LogP contribution in [0, 0.1) is 19.7 Å². The first-order chi connectivity index (χ1) is 9.11. The Morgan fingerprint density at radius 2 is 1.68 bits per heavy atom. The zero-order valence-electron chi connectivity index (χ0n) is 11.2. The van der Waals surface area contributed by atoms with Crippen LogP contribution >= 0.6 is 0 Å². The van der Waals surface area contributed by atoms with Gasteiger partial charge in [0.1, 0.15) is 5.82 Å². The molecule has 96 valence electrons. The molecule has 0 atom stereocenters. The van der Waals surface area contributed by atoms with Crippen LogP contribution in [0.4, 0.5) is 4.39 Å². The summed E-state index contributed by atoms with van der Waals surface area (Å²) in [7, 11) is 0. The summed E-state index contributed by atoms with van der Waals surface area (Å²) in [5.41, 5.74) is 4.72. The summed E-state index contributed by atoms with van der Waals surface area (Å²) < 4.78 is 15.4. The molecule has 0 fully saturated rings. The van der Waals surface area contributed by atoms with E-state index >= 15 is 0 Å². The van der Waals surface area contributed by atoms with E-state index in [1.54, 1.807) is 6.07 Å². The summed E-state index contributed by atoms with van der Waals surface area (Å²) in [5.74, 6) is -0.187. The average Bonchev–Trinajstić information content (AvgIpc) is 2.70. The zero-order chi connectivity index (χ0) is 13.4. The highest BCUT2D eigenvalue weighted by Crippen LogP contribution is 2.19. The second-order valence-corrected chi connectivity index (χ2v) is 5.14. The number of nitrogens with zero attached hydrogens (tertiary/aromatic N) is 1. The van der Waals surface area contributed by atoms with Crippen LogP contribution in [0.25, 0.3) is 10.9 Å². The van der Waals surface area contributed by atoms with Crippen LogP contribution in [0.2, 0.25) is 0 Å². The molecule has 0 aliphatic carbocycles. The van der Waals surface area contributed by atoms with Gasteiger partial charge in [-0.3, -0.25) is 0 Å². The molecule has 3 aromatic rings. The molecule has 0 unspecified atom stereocenters. The van der Waals surface area contributed by atoms with E-state index in [2.05, 4.69) is 36.6 Å². The lowest BCUT2D eigenvalue weighted by Gasteiger charge is -2.08. The van der Waals surface area contributed by atoms with Crippen molar-refractivity contribution in [1.82, 2.24) is 4.57 Å². The number of halogens is 1. The van der Waals surface area contributed by atoms with Crippen molar-refractivity contribution in [3.63, 3.8) is 0 Å². The Balaban J connectivity index is 2.03.